The summed E-state index contributed by atoms with van der Waals surface area (Å²) in [4.78, 5) is 28.3. The number of rotatable bonds is 5. The topological polar surface area (TPSA) is 92.4 Å². The van der Waals surface area contributed by atoms with E-state index >= 15 is 0 Å². The van der Waals surface area contributed by atoms with Crippen LogP contribution in [0.2, 0.25) is 0 Å². The van der Waals surface area contributed by atoms with Crippen LogP contribution in [-0.2, 0) is 6.42 Å². The summed E-state index contributed by atoms with van der Waals surface area (Å²) in [6, 6.07) is 9.77. The largest absolute Gasteiger partial charge is 0.478 e. The summed E-state index contributed by atoms with van der Waals surface area (Å²) >= 11 is 5.60. The van der Waals surface area contributed by atoms with Crippen molar-refractivity contribution in [1.29, 1.82) is 0 Å². The van der Waals surface area contributed by atoms with Gasteiger partial charge in [0, 0.05) is 12.8 Å². The van der Waals surface area contributed by atoms with Crippen molar-refractivity contribution in [1.82, 2.24) is 4.98 Å². The van der Waals surface area contributed by atoms with E-state index < -0.39 is 23.5 Å². The molecule has 2 aromatic heterocycles. The zero-order chi connectivity index (χ0) is 24.5. The van der Waals surface area contributed by atoms with E-state index in [0.29, 0.717) is 11.1 Å². The van der Waals surface area contributed by atoms with Gasteiger partial charge in [-0.1, -0.05) is 26.0 Å². The Labute approximate surface area is 197 Å². The maximum Gasteiger partial charge on any atom is 0.339 e. The molecule has 0 saturated heterocycles. The van der Waals surface area contributed by atoms with Gasteiger partial charge >= 0.3 is 11.9 Å². The van der Waals surface area contributed by atoms with E-state index in [4.69, 9.17) is 4.42 Å². The van der Waals surface area contributed by atoms with Crippen LogP contribution in [0.4, 0.5) is 13.8 Å². The van der Waals surface area contributed by atoms with Crippen molar-refractivity contribution in [2.24, 2.45) is 0 Å². The number of carbonyl (C=O) groups excluding carboxylic acids is 1. The first kappa shape index (κ1) is 26.0. The number of para-hydroxylation sites is 2. The van der Waals surface area contributed by atoms with Crippen molar-refractivity contribution in [3.05, 3.63) is 82.1 Å². The van der Waals surface area contributed by atoms with Crippen molar-refractivity contribution in [2.45, 2.75) is 20.3 Å². The molecule has 0 unspecified atom stereocenters. The molecule has 6 nitrogen and oxygen atoms in total. The van der Waals surface area contributed by atoms with Gasteiger partial charge in [0.2, 0.25) is 0 Å². The predicted octanol–water partition coefficient (Wildman–Crippen LogP) is 6.59. The highest BCUT2D eigenvalue weighted by atomic mass is 35.5. The molecular weight excluding hydrogens is 474 g/mol. The van der Waals surface area contributed by atoms with Crippen molar-refractivity contribution in [3.8, 4) is 0 Å². The number of aromatic nitrogens is 1. The number of carbonyl (C=O) groups is 2. The smallest absolute Gasteiger partial charge is 0.339 e. The second-order valence-corrected chi connectivity index (χ2v) is 7.00. The van der Waals surface area contributed by atoms with Gasteiger partial charge in [0.25, 0.3) is 5.89 Å². The van der Waals surface area contributed by atoms with E-state index in [1.165, 1.54) is 11.8 Å². The Morgan fingerprint density at radius 3 is 2.48 bits per heavy atom. The molecule has 0 atom stereocenters. The Balaban J connectivity index is 0.000000914. The molecule has 0 saturated carbocycles. The molecule has 0 aliphatic heterocycles. The number of benzene rings is 2. The molecule has 0 bridgehead atoms. The number of aromatic carboxylic acids is 1. The number of amides is 1. The Morgan fingerprint density at radius 2 is 1.82 bits per heavy atom. The standard InChI is InChI=1S/C20H12F2N2O4S.C2H6.CH3Cl/c21-12-5-6-13(22)10(8-12)7-11-9-29-19(16(11)20(26)27)24-17(25)18-23-14-3-1-2-4-15(14)28-18;2*1-2/h1-6,8-9H,7H2,(H,24,25)(H,26,27);1-2H3;1H3. The first-order valence-corrected chi connectivity index (χ1v) is 11.4. The highest BCUT2D eigenvalue weighted by molar-refractivity contribution is 7.15. The van der Waals surface area contributed by atoms with E-state index in [0.717, 1.165) is 29.5 Å². The fourth-order valence-corrected chi connectivity index (χ4v) is 3.81. The summed E-state index contributed by atoms with van der Waals surface area (Å²) in [5.41, 5.74) is 0.985. The van der Waals surface area contributed by atoms with Crippen LogP contribution in [0.1, 0.15) is 46.0 Å². The average molecular weight is 495 g/mol. The van der Waals surface area contributed by atoms with Gasteiger partial charge in [0.1, 0.15) is 22.2 Å². The van der Waals surface area contributed by atoms with Gasteiger partial charge < -0.3 is 14.8 Å². The number of hydrogen-bond donors (Lipinski definition) is 2. The summed E-state index contributed by atoms with van der Waals surface area (Å²) in [5, 5.41) is 13.6. The molecule has 2 N–H and O–H groups in total. The third kappa shape index (κ3) is 6.15. The molecule has 0 aliphatic rings. The average Bonchev–Trinajstić information content (AvgIpc) is 3.43. The lowest BCUT2D eigenvalue weighted by molar-refractivity contribution is 0.0697. The van der Waals surface area contributed by atoms with Crippen LogP contribution >= 0.6 is 22.9 Å². The number of oxazole rings is 1. The Hall–Kier alpha value is -3.30. The number of fused-ring (bicyclic) bond motifs is 1. The third-order valence-corrected chi connectivity index (χ3v) is 5.13. The molecule has 174 valence electrons. The van der Waals surface area contributed by atoms with E-state index in [-0.39, 0.29) is 34.0 Å². The quantitative estimate of drug-likeness (QED) is 0.305. The van der Waals surface area contributed by atoms with Gasteiger partial charge in [0.15, 0.2) is 5.58 Å². The zero-order valence-electron chi connectivity index (χ0n) is 18.0. The Bertz CT molecular complexity index is 1220. The first-order chi connectivity index (χ1) is 15.9. The monoisotopic (exact) mass is 494 g/mol. The number of hydrogen-bond acceptors (Lipinski definition) is 5. The van der Waals surface area contributed by atoms with Crippen molar-refractivity contribution in [3.63, 3.8) is 0 Å². The minimum Gasteiger partial charge on any atom is -0.478 e. The number of anilines is 1. The normalized spacial score (nSPS) is 10.0. The fourth-order valence-electron chi connectivity index (χ4n) is 2.86. The number of alkyl halides is 1. The molecule has 1 amide bonds. The van der Waals surface area contributed by atoms with E-state index in [1.807, 2.05) is 13.8 Å². The van der Waals surface area contributed by atoms with Crippen LogP contribution in [0.25, 0.3) is 11.1 Å². The van der Waals surface area contributed by atoms with Crippen molar-refractivity contribution < 1.29 is 27.9 Å². The molecule has 10 heteroatoms. The van der Waals surface area contributed by atoms with Gasteiger partial charge in [-0.05, 0) is 46.8 Å². The second kappa shape index (κ2) is 12.1. The molecule has 0 fully saturated rings. The lowest BCUT2D eigenvalue weighted by Crippen LogP contribution is -2.14. The minimum absolute atomic E-state index is 0.0159. The summed E-state index contributed by atoms with van der Waals surface area (Å²) in [6.45, 7) is 4.00. The first-order valence-electron chi connectivity index (χ1n) is 9.74. The minimum atomic E-state index is -1.30. The van der Waals surface area contributed by atoms with E-state index in [9.17, 15) is 23.5 Å². The summed E-state index contributed by atoms with van der Waals surface area (Å²) < 4.78 is 32.7. The number of thiophene rings is 1. The molecule has 4 rings (SSSR count). The summed E-state index contributed by atoms with van der Waals surface area (Å²) in [7, 11) is 0. The van der Waals surface area contributed by atoms with Crippen LogP contribution in [0.15, 0.2) is 52.3 Å². The third-order valence-electron chi connectivity index (χ3n) is 4.18. The van der Waals surface area contributed by atoms with Gasteiger partial charge in [-0.2, -0.15) is 0 Å². The number of carboxylic acid groups (broad SMARTS) is 1. The van der Waals surface area contributed by atoms with Crippen LogP contribution in [0, 0.1) is 11.6 Å². The molecule has 2 heterocycles. The Kier molecular flexibility index (Phi) is 9.50. The second-order valence-electron chi connectivity index (χ2n) is 6.12. The number of nitrogens with zero attached hydrogens (tertiary/aromatic N) is 1. The molecule has 2 aromatic carbocycles. The molecule has 0 spiro atoms. The van der Waals surface area contributed by atoms with Crippen LogP contribution < -0.4 is 5.32 Å². The van der Waals surface area contributed by atoms with Crippen molar-refractivity contribution in [2.75, 3.05) is 11.7 Å². The molecule has 0 aliphatic carbocycles. The number of carboxylic acids is 1. The molecule has 0 radical (unpaired) electrons. The SMILES string of the molecule is CC.CCl.O=C(Nc1scc(Cc2cc(F)ccc2F)c1C(=O)O)c1nc2ccccc2o1. The maximum atomic E-state index is 13.9. The Morgan fingerprint density at radius 1 is 1.12 bits per heavy atom. The van der Waals surface area contributed by atoms with Crippen LogP contribution in [0.3, 0.4) is 0 Å². The number of halogens is 3. The number of nitrogens with one attached hydrogen (secondary N) is 1. The van der Waals surface area contributed by atoms with Gasteiger partial charge in [-0.3, -0.25) is 4.79 Å². The summed E-state index contributed by atoms with van der Waals surface area (Å²) in [6.07, 6.45) is 1.33. The summed E-state index contributed by atoms with van der Waals surface area (Å²) in [5.74, 6) is -3.50. The van der Waals surface area contributed by atoms with E-state index in [1.54, 1.807) is 24.3 Å². The maximum absolute atomic E-state index is 13.9. The predicted molar refractivity (Wildman–Crippen MR) is 126 cm³/mol. The van der Waals surface area contributed by atoms with Gasteiger partial charge in [-0.25, -0.2) is 18.6 Å². The molecular formula is C23H21ClF2N2O4S. The van der Waals surface area contributed by atoms with Gasteiger partial charge in [-0.15, -0.1) is 22.9 Å². The van der Waals surface area contributed by atoms with Gasteiger partial charge in [0.05, 0.1) is 5.56 Å². The van der Waals surface area contributed by atoms with Crippen LogP contribution in [-0.4, -0.2) is 28.3 Å². The fraction of sp³-hybridized carbons (Fsp3) is 0.174. The highest BCUT2D eigenvalue weighted by Crippen LogP contribution is 2.31. The molecule has 4 aromatic rings. The zero-order valence-corrected chi connectivity index (χ0v) is 19.6. The van der Waals surface area contributed by atoms with E-state index in [2.05, 4.69) is 21.9 Å². The van der Waals surface area contributed by atoms with Crippen molar-refractivity contribution >= 4 is 50.9 Å². The molecule has 33 heavy (non-hydrogen) atoms. The lowest BCUT2D eigenvalue weighted by Gasteiger charge is -2.06. The van der Waals surface area contributed by atoms with Crippen LogP contribution in [0.5, 0.6) is 0 Å². The lowest BCUT2D eigenvalue weighted by atomic mass is 10.0. The highest BCUT2D eigenvalue weighted by Gasteiger charge is 2.23.